The topological polar surface area (TPSA) is 179 Å². The minimum atomic E-state index is -0.800. The number of hydrogen-bond acceptors (Lipinski definition) is 11. The van der Waals surface area contributed by atoms with Gasteiger partial charge >= 0.3 is 12.0 Å². The highest BCUT2D eigenvalue weighted by Gasteiger charge is 2.67. The van der Waals surface area contributed by atoms with E-state index in [0.29, 0.717) is 38.9 Å². The van der Waals surface area contributed by atoms with Crippen LogP contribution < -0.4 is 15.8 Å². The number of aromatic nitrogens is 5. The van der Waals surface area contributed by atoms with E-state index >= 15 is 0 Å². The van der Waals surface area contributed by atoms with Gasteiger partial charge in [-0.1, -0.05) is 26.0 Å². The summed E-state index contributed by atoms with van der Waals surface area (Å²) < 4.78 is 7.34. The SMILES string of the molecule is CC(=O)c1nn(CC(=O)N2[C@H](C(=O)Nc3nc(Br)ccc3C)C[C@@]3(CN(C)C)C[C@@H]23)c2ccc(-c3cnc(OC(=O)[C@@H](N)C(C)C)nc3)cc12. The number of anilines is 1. The van der Waals surface area contributed by atoms with E-state index in [-0.39, 0.29) is 53.2 Å². The van der Waals surface area contributed by atoms with Gasteiger partial charge in [-0.3, -0.25) is 19.1 Å². The minimum Gasteiger partial charge on any atom is -0.390 e. The van der Waals surface area contributed by atoms with Crippen LogP contribution in [0, 0.1) is 18.3 Å². The first kappa shape index (κ1) is 35.2. The lowest BCUT2D eigenvalue weighted by atomic mass is 9.98. The third-order valence-corrected chi connectivity index (χ3v) is 9.90. The second-order valence-electron chi connectivity index (χ2n) is 13.9. The van der Waals surface area contributed by atoms with Gasteiger partial charge < -0.3 is 25.6 Å². The second kappa shape index (κ2) is 13.6. The molecule has 4 aromatic rings. The van der Waals surface area contributed by atoms with Crippen LogP contribution in [0.1, 0.15) is 49.7 Å². The van der Waals surface area contributed by atoms with Crippen molar-refractivity contribution in [1.82, 2.24) is 34.5 Å². The number of fused-ring (bicyclic) bond motifs is 2. The summed E-state index contributed by atoms with van der Waals surface area (Å²) in [7, 11) is 3.98. The van der Waals surface area contributed by atoms with Crippen LogP contribution in [0.15, 0.2) is 47.3 Å². The van der Waals surface area contributed by atoms with Gasteiger partial charge in [-0.15, -0.1) is 0 Å². The zero-order valence-corrected chi connectivity index (χ0v) is 30.4. The number of benzene rings is 1. The first-order chi connectivity index (χ1) is 23.7. The second-order valence-corrected chi connectivity index (χ2v) is 14.7. The Labute approximate surface area is 297 Å². The number of piperidine rings is 1. The van der Waals surface area contributed by atoms with Crippen LogP contribution in [0.2, 0.25) is 0 Å². The fourth-order valence-electron chi connectivity index (χ4n) is 6.80. The monoisotopic (exact) mass is 745 g/mol. The fraction of sp³-hybridized carbons (Fsp3) is 0.429. The molecular formula is C35H40BrN9O5. The number of ketones is 1. The summed E-state index contributed by atoms with van der Waals surface area (Å²) >= 11 is 3.37. The van der Waals surface area contributed by atoms with Crippen LogP contribution in [0.3, 0.4) is 0 Å². The van der Waals surface area contributed by atoms with Crippen LogP contribution >= 0.6 is 15.9 Å². The smallest absolute Gasteiger partial charge is 0.330 e. The Morgan fingerprint density at radius 3 is 2.48 bits per heavy atom. The zero-order chi connectivity index (χ0) is 36.1. The molecule has 1 aliphatic carbocycles. The number of aryl methyl sites for hydroxylation is 1. The molecule has 0 spiro atoms. The number of Topliss-reactive ketones (excluding diaryl/α,β-unsaturated/α-hetero) is 1. The average Bonchev–Trinajstić information content (AvgIpc) is 3.46. The number of likely N-dealkylation sites (tertiary alicyclic amines) is 1. The number of pyridine rings is 1. The summed E-state index contributed by atoms with van der Waals surface area (Å²) in [4.78, 5) is 69.5. The van der Waals surface area contributed by atoms with E-state index < -0.39 is 18.1 Å². The van der Waals surface area contributed by atoms with Crippen molar-refractivity contribution in [3.63, 3.8) is 0 Å². The molecule has 2 fully saturated rings. The Morgan fingerprint density at radius 1 is 1.10 bits per heavy atom. The maximum atomic E-state index is 14.2. The number of nitrogens with zero attached hydrogens (tertiary/aromatic N) is 7. The number of nitrogens with one attached hydrogen (secondary N) is 1. The summed E-state index contributed by atoms with van der Waals surface area (Å²) in [5, 5.41) is 8.08. The van der Waals surface area contributed by atoms with Gasteiger partial charge in [0.1, 0.15) is 34.7 Å². The predicted molar refractivity (Wildman–Crippen MR) is 189 cm³/mol. The van der Waals surface area contributed by atoms with Crippen LogP contribution in [0.25, 0.3) is 22.0 Å². The molecule has 0 radical (unpaired) electrons. The molecule has 4 heterocycles. The summed E-state index contributed by atoms with van der Waals surface area (Å²) in [5.74, 6) is -1.10. The molecule has 15 heteroatoms. The molecule has 1 aromatic carbocycles. The number of hydrogen-bond donors (Lipinski definition) is 2. The zero-order valence-electron chi connectivity index (χ0n) is 28.8. The Morgan fingerprint density at radius 2 is 1.82 bits per heavy atom. The van der Waals surface area contributed by atoms with Crippen molar-refractivity contribution in [2.24, 2.45) is 17.1 Å². The molecule has 4 atom stereocenters. The lowest BCUT2D eigenvalue weighted by Crippen LogP contribution is -2.47. The molecule has 1 saturated carbocycles. The number of esters is 1. The molecule has 1 saturated heterocycles. The molecular weight excluding hydrogens is 706 g/mol. The van der Waals surface area contributed by atoms with Gasteiger partial charge in [-0.05, 0) is 85.0 Å². The van der Waals surface area contributed by atoms with Gasteiger partial charge in [-0.2, -0.15) is 5.10 Å². The average molecular weight is 747 g/mol. The quantitative estimate of drug-likeness (QED) is 0.130. The van der Waals surface area contributed by atoms with Gasteiger partial charge in [-0.25, -0.2) is 19.7 Å². The van der Waals surface area contributed by atoms with Gasteiger partial charge in [0.25, 0.3) is 0 Å². The Kier molecular flexibility index (Phi) is 9.59. The number of carbonyl (C=O) groups excluding carboxylic acids is 4. The van der Waals surface area contributed by atoms with Crippen molar-refractivity contribution in [2.75, 3.05) is 26.0 Å². The summed E-state index contributed by atoms with van der Waals surface area (Å²) in [6.45, 7) is 7.51. The normalized spacial score (nSPS) is 20.2. The van der Waals surface area contributed by atoms with E-state index in [1.165, 1.54) is 24.0 Å². The number of rotatable bonds is 11. The van der Waals surface area contributed by atoms with E-state index in [0.717, 1.165) is 18.5 Å². The molecule has 262 valence electrons. The Bertz CT molecular complexity index is 2000. The van der Waals surface area contributed by atoms with Crippen molar-refractivity contribution in [3.05, 3.63) is 58.6 Å². The summed E-state index contributed by atoms with van der Waals surface area (Å²) in [6, 6.07) is 7.37. The number of carbonyl (C=O) groups is 4. The van der Waals surface area contributed by atoms with Crippen molar-refractivity contribution < 1.29 is 23.9 Å². The fourth-order valence-corrected chi connectivity index (χ4v) is 7.11. The van der Waals surface area contributed by atoms with Gasteiger partial charge in [0, 0.05) is 48.3 Å². The summed E-state index contributed by atoms with van der Waals surface area (Å²) in [6.07, 6.45) is 4.37. The molecule has 2 amide bonds. The highest BCUT2D eigenvalue weighted by molar-refractivity contribution is 9.10. The van der Waals surface area contributed by atoms with E-state index in [1.807, 2.05) is 47.0 Å². The highest BCUT2D eigenvalue weighted by Crippen LogP contribution is 2.60. The third kappa shape index (κ3) is 6.89. The van der Waals surface area contributed by atoms with Crippen molar-refractivity contribution in [2.45, 2.75) is 65.2 Å². The first-order valence-corrected chi connectivity index (χ1v) is 17.2. The van der Waals surface area contributed by atoms with E-state index in [2.05, 4.69) is 46.2 Å². The lowest BCUT2D eigenvalue weighted by Gasteiger charge is -2.27. The van der Waals surface area contributed by atoms with Crippen LogP contribution in [0.4, 0.5) is 5.82 Å². The molecule has 0 unspecified atom stereocenters. The van der Waals surface area contributed by atoms with Crippen LogP contribution in [-0.2, 0) is 20.9 Å². The van der Waals surface area contributed by atoms with E-state index in [4.69, 9.17) is 10.5 Å². The number of ether oxygens (including phenoxy) is 1. The van der Waals surface area contributed by atoms with E-state index in [1.54, 1.807) is 23.1 Å². The standard InChI is InChI=1S/C35H40BrN9O5/c1-18(2)29(37)33(49)50-34-38-14-22(15-39-34)21-8-9-24-23(11-21)30(20(4)46)42-44(24)16-28(47)45-25(12-35(13-26(35)45)17-43(5)6)32(48)41-31-19(3)7-10-27(36)40-31/h7-11,14-15,18,25-26,29H,12-13,16-17,37H2,1-6H3,(H,40,41,48)/t25-,26+,29-,35-/m0/s1. The number of amides is 2. The van der Waals surface area contributed by atoms with E-state index in [9.17, 15) is 19.2 Å². The lowest BCUT2D eigenvalue weighted by molar-refractivity contribution is -0.138. The van der Waals surface area contributed by atoms with Gasteiger partial charge in [0.2, 0.25) is 11.8 Å². The van der Waals surface area contributed by atoms with Crippen molar-refractivity contribution >= 4 is 56.2 Å². The summed E-state index contributed by atoms with van der Waals surface area (Å²) in [5.41, 5.74) is 8.61. The van der Waals surface area contributed by atoms with Crippen molar-refractivity contribution in [1.29, 1.82) is 0 Å². The molecule has 14 nitrogen and oxygen atoms in total. The molecule has 50 heavy (non-hydrogen) atoms. The third-order valence-electron chi connectivity index (χ3n) is 9.46. The van der Waals surface area contributed by atoms with Crippen LogP contribution in [0.5, 0.6) is 6.01 Å². The van der Waals surface area contributed by atoms with Gasteiger partial charge in [0.15, 0.2) is 5.78 Å². The molecule has 1 aliphatic heterocycles. The van der Waals surface area contributed by atoms with Crippen LogP contribution in [-0.4, -0.2) is 96.9 Å². The first-order valence-electron chi connectivity index (χ1n) is 16.4. The highest BCUT2D eigenvalue weighted by atomic mass is 79.9. The Hall–Kier alpha value is -4.60. The predicted octanol–water partition coefficient (Wildman–Crippen LogP) is 3.61. The largest absolute Gasteiger partial charge is 0.390 e. The van der Waals surface area contributed by atoms with Crippen molar-refractivity contribution in [3.8, 4) is 17.1 Å². The maximum absolute atomic E-state index is 14.2. The molecule has 3 N–H and O–H groups in total. The minimum absolute atomic E-state index is 0.0891. The number of halogens is 1. The molecule has 6 rings (SSSR count). The Balaban J connectivity index is 1.25. The number of nitrogens with two attached hydrogens (primary N) is 1. The van der Waals surface area contributed by atoms with Gasteiger partial charge in [0.05, 0.1) is 5.52 Å². The maximum Gasteiger partial charge on any atom is 0.330 e. The molecule has 0 bridgehead atoms. The molecule has 2 aliphatic rings. The molecule has 3 aromatic heterocycles.